The van der Waals surface area contributed by atoms with E-state index in [4.69, 9.17) is 18.9 Å². The number of carbonyl (C=O) groups excluding carboxylic acids is 1. The van der Waals surface area contributed by atoms with E-state index in [9.17, 15) is 22.4 Å². The van der Waals surface area contributed by atoms with Gasteiger partial charge in [-0.05, 0) is 12.8 Å². The van der Waals surface area contributed by atoms with Crippen molar-refractivity contribution in [3.63, 3.8) is 0 Å². The van der Waals surface area contributed by atoms with Gasteiger partial charge in [-0.2, -0.15) is 4.39 Å². The van der Waals surface area contributed by atoms with E-state index in [2.05, 4.69) is 4.74 Å². The summed E-state index contributed by atoms with van der Waals surface area (Å²) in [5, 5.41) is 0. The van der Waals surface area contributed by atoms with Crippen LogP contribution >= 0.6 is 0 Å². The number of ether oxygens (including phenoxy) is 5. The molecular weight excluding hydrogens is 412 g/mol. The van der Waals surface area contributed by atoms with Gasteiger partial charge in [0.2, 0.25) is 11.6 Å². The Bertz CT molecular complexity index is 657. The molecule has 6 nitrogen and oxygen atoms in total. The largest absolute Gasteiger partial charge is 0.420 e. The van der Waals surface area contributed by atoms with Crippen molar-refractivity contribution in [2.75, 3.05) is 52.9 Å². The first-order valence-corrected chi connectivity index (χ1v) is 9.80. The van der Waals surface area contributed by atoms with E-state index >= 15 is 0 Å². The number of hydrogen-bond acceptors (Lipinski definition) is 6. The van der Waals surface area contributed by atoms with Crippen LogP contribution in [0.2, 0.25) is 0 Å². The fourth-order valence-electron chi connectivity index (χ4n) is 2.28. The van der Waals surface area contributed by atoms with Gasteiger partial charge >= 0.3 is 5.97 Å². The van der Waals surface area contributed by atoms with Crippen molar-refractivity contribution in [2.24, 2.45) is 0 Å². The molecule has 0 aliphatic rings. The molecule has 0 N–H and O–H groups in total. The van der Waals surface area contributed by atoms with Gasteiger partial charge < -0.3 is 23.7 Å². The zero-order chi connectivity index (χ0) is 22.4. The minimum absolute atomic E-state index is 0.0962. The molecule has 0 saturated carbocycles. The zero-order valence-electron chi connectivity index (χ0n) is 17.2. The number of hydrogen-bond donors (Lipinski definition) is 0. The van der Waals surface area contributed by atoms with Crippen LogP contribution in [0, 0.1) is 23.3 Å². The molecule has 0 radical (unpaired) electrons. The molecule has 1 aromatic carbocycles. The minimum atomic E-state index is -1.89. The molecule has 0 saturated heterocycles. The Hall–Kier alpha value is -1.75. The first-order chi connectivity index (χ1) is 14.4. The van der Waals surface area contributed by atoms with E-state index in [0.717, 1.165) is 6.42 Å². The van der Waals surface area contributed by atoms with Gasteiger partial charge in [-0.25, -0.2) is 13.2 Å². The van der Waals surface area contributed by atoms with Crippen molar-refractivity contribution < 1.29 is 46.0 Å². The Morgan fingerprint density at radius 3 is 1.67 bits per heavy atom. The van der Waals surface area contributed by atoms with Gasteiger partial charge in [-0.3, -0.25) is 4.79 Å². The molecule has 0 unspecified atom stereocenters. The van der Waals surface area contributed by atoms with E-state index in [-0.39, 0.29) is 32.7 Å². The predicted molar refractivity (Wildman–Crippen MR) is 99.5 cm³/mol. The fourth-order valence-corrected chi connectivity index (χ4v) is 2.28. The summed E-state index contributed by atoms with van der Waals surface area (Å²) in [5.74, 6) is -9.13. The molecule has 0 bridgehead atoms. The van der Waals surface area contributed by atoms with Gasteiger partial charge in [-0.1, -0.05) is 13.8 Å². The molecule has 1 rings (SSSR count). The highest BCUT2D eigenvalue weighted by atomic mass is 19.2. The maximum atomic E-state index is 14.0. The van der Waals surface area contributed by atoms with Crippen LogP contribution in [-0.4, -0.2) is 58.8 Å². The van der Waals surface area contributed by atoms with Gasteiger partial charge in [0.15, 0.2) is 17.5 Å². The molecule has 1 aromatic rings. The average molecular weight is 440 g/mol. The van der Waals surface area contributed by atoms with E-state index in [1.807, 2.05) is 6.92 Å². The van der Waals surface area contributed by atoms with Crippen molar-refractivity contribution in [1.29, 1.82) is 0 Å². The van der Waals surface area contributed by atoms with Crippen LogP contribution in [0.25, 0.3) is 0 Å². The maximum Gasteiger partial charge on any atom is 0.313 e. The van der Waals surface area contributed by atoms with Crippen molar-refractivity contribution in [3.8, 4) is 5.75 Å². The molecule has 0 amide bonds. The first kappa shape index (κ1) is 26.3. The van der Waals surface area contributed by atoms with Crippen LogP contribution in [0.1, 0.15) is 32.3 Å². The second kappa shape index (κ2) is 15.1. The molecule has 30 heavy (non-hydrogen) atoms. The highest BCUT2D eigenvalue weighted by molar-refractivity contribution is 5.72. The van der Waals surface area contributed by atoms with Crippen LogP contribution < -0.4 is 4.74 Å². The number of carbonyl (C=O) groups is 1. The molecule has 0 fully saturated rings. The quantitative estimate of drug-likeness (QED) is 0.0978. The van der Waals surface area contributed by atoms with Gasteiger partial charge in [0.1, 0.15) is 0 Å². The van der Waals surface area contributed by atoms with E-state index in [0.29, 0.717) is 33.0 Å². The number of esters is 1. The first-order valence-electron chi connectivity index (χ1n) is 9.80. The topological polar surface area (TPSA) is 63.2 Å². The van der Waals surface area contributed by atoms with Crippen molar-refractivity contribution in [2.45, 2.75) is 33.1 Å². The lowest BCUT2D eigenvalue weighted by Crippen LogP contribution is -2.16. The van der Waals surface area contributed by atoms with E-state index in [1.54, 1.807) is 0 Å². The standard InChI is InChI=1S/C20H28F4O6/c1-3-6-26-8-10-28-12-13-29-11-9-27-7-5-15(25)30-20-17(22)14(4-2)16(21)18(23)19(20)24/h3-13H2,1-2H3. The second-order valence-electron chi connectivity index (χ2n) is 6.09. The summed E-state index contributed by atoms with van der Waals surface area (Å²) in [6.07, 6.45) is 0.388. The van der Waals surface area contributed by atoms with Crippen molar-refractivity contribution in [1.82, 2.24) is 0 Å². The SMILES string of the molecule is CCCOCCOCCOCCOCCC(=O)Oc1c(F)c(F)c(F)c(CC)c1F. The molecule has 0 aromatic heterocycles. The zero-order valence-corrected chi connectivity index (χ0v) is 17.2. The Balaban J connectivity index is 2.18. The lowest BCUT2D eigenvalue weighted by Gasteiger charge is -2.11. The molecular formula is C20H28F4O6. The molecule has 172 valence electrons. The summed E-state index contributed by atoms with van der Waals surface area (Å²) in [4.78, 5) is 11.7. The molecule has 10 heteroatoms. The van der Waals surface area contributed by atoms with Crippen LogP contribution in [0.3, 0.4) is 0 Å². The van der Waals surface area contributed by atoms with Crippen LogP contribution in [0.15, 0.2) is 0 Å². The monoisotopic (exact) mass is 440 g/mol. The Kier molecular flexibility index (Phi) is 13.2. The Morgan fingerprint density at radius 2 is 1.17 bits per heavy atom. The highest BCUT2D eigenvalue weighted by Gasteiger charge is 2.27. The van der Waals surface area contributed by atoms with Crippen LogP contribution in [0.4, 0.5) is 17.6 Å². The average Bonchev–Trinajstić information content (AvgIpc) is 2.73. The third-order valence-electron chi connectivity index (χ3n) is 3.80. The summed E-state index contributed by atoms with van der Waals surface area (Å²) < 4.78 is 80.2. The summed E-state index contributed by atoms with van der Waals surface area (Å²) in [5.41, 5.74) is -0.692. The van der Waals surface area contributed by atoms with Gasteiger partial charge in [0.25, 0.3) is 0 Å². The smallest absolute Gasteiger partial charge is 0.313 e. The Morgan fingerprint density at radius 1 is 0.667 bits per heavy atom. The summed E-state index contributed by atoms with van der Waals surface area (Å²) in [7, 11) is 0. The molecule has 0 spiro atoms. The lowest BCUT2D eigenvalue weighted by molar-refractivity contribution is -0.136. The molecule has 0 aliphatic heterocycles. The number of benzene rings is 1. The third kappa shape index (κ3) is 8.95. The maximum absolute atomic E-state index is 14.0. The predicted octanol–water partition coefficient (Wildman–Crippen LogP) is 3.58. The third-order valence-corrected chi connectivity index (χ3v) is 3.80. The van der Waals surface area contributed by atoms with Gasteiger partial charge in [0.05, 0.1) is 52.7 Å². The Labute approximate surface area is 173 Å². The highest BCUT2D eigenvalue weighted by Crippen LogP contribution is 2.30. The second-order valence-corrected chi connectivity index (χ2v) is 6.09. The van der Waals surface area contributed by atoms with E-state index in [1.165, 1.54) is 6.92 Å². The van der Waals surface area contributed by atoms with Crippen molar-refractivity contribution >= 4 is 5.97 Å². The van der Waals surface area contributed by atoms with Crippen molar-refractivity contribution in [3.05, 3.63) is 28.8 Å². The normalized spacial score (nSPS) is 11.1. The van der Waals surface area contributed by atoms with Crippen LogP contribution in [0.5, 0.6) is 5.75 Å². The number of halogens is 4. The van der Waals surface area contributed by atoms with Crippen LogP contribution in [-0.2, 0) is 30.2 Å². The molecule has 0 heterocycles. The fraction of sp³-hybridized carbons (Fsp3) is 0.650. The number of rotatable bonds is 16. The molecule has 0 atom stereocenters. The minimum Gasteiger partial charge on any atom is -0.420 e. The van der Waals surface area contributed by atoms with Gasteiger partial charge in [0, 0.05) is 12.2 Å². The lowest BCUT2D eigenvalue weighted by atomic mass is 10.1. The van der Waals surface area contributed by atoms with Gasteiger partial charge in [-0.15, -0.1) is 0 Å². The summed E-state index contributed by atoms with van der Waals surface area (Å²) >= 11 is 0. The summed E-state index contributed by atoms with van der Waals surface area (Å²) in [6, 6.07) is 0. The summed E-state index contributed by atoms with van der Waals surface area (Å²) in [6.45, 7) is 6.23. The van der Waals surface area contributed by atoms with E-state index < -0.39 is 40.6 Å². The molecule has 0 aliphatic carbocycles.